The highest BCUT2D eigenvalue weighted by molar-refractivity contribution is 6.15. The maximum atomic E-state index is 13.1. The van der Waals surface area contributed by atoms with Crippen LogP contribution in [-0.4, -0.2) is 16.6 Å². The molecule has 4 aromatic rings. The third-order valence-corrected chi connectivity index (χ3v) is 5.09. The Morgan fingerprint density at radius 3 is 2.41 bits per heavy atom. The van der Waals surface area contributed by atoms with Gasteiger partial charge in [-0.3, -0.25) is 4.79 Å². The molecule has 0 aliphatic rings. The summed E-state index contributed by atoms with van der Waals surface area (Å²) in [4.78, 5) is 17.5. The average molecular weight is 354 g/mol. The van der Waals surface area contributed by atoms with Crippen LogP contribution in [0.2, 0.25) is 0 Å². The number of ketones is 1. The first kappa shape index (κ1) is 17.2. The van der Waals surface area contributed by atoms with Crippen LogP contribution in [0, 0.1) is 6.92 Å². The van der Waals surface area contributed by atoms with Crippen LogP contribution in [0.4, 0.5) is 5.69 Å². The van der Waals surface area contributed by atoms with E-state index in [1.54, 1.807) is 6.21 Å². The van der Waals surface area contributed by atoms with Gasteiger partial charge in [0.15, 0.2) is 5.78 Å². The molecule has 0 spiro atoms. The van der Waals surface area contributed by atoms with E-state index in [4.69, 9.17) is 0 Å². The van der Waals surface area contributed by atoms with E-state index in [-0.39, 0.29) is 5.78 Å². The zero-order chi connectivity index (χ0) is 19.0. The number of fused-ring (bicyclic) bond motifs is 3. The summed E-state index contributed by atoms with van der Waals surface area (Å²) in [6.07, 6.45) is 1.80. The number of hydrogen-bond acceptors (Lipinski definition) is 2. The van der Waals surface area contributed by atoms with Crippen LogP contribution in [0.25, 0.3) is 21.8 Å². The molecule has 3 aromatic carbocycles. The number of aromatic nitrogens is 1. The van der Waals surface area contributed by atoms with Gasteiger partial charge in [-0.05, 0) is 43.7 Å². The van der Waals surface area contributed by atoms with E-state index >= 15 is 0 Å². The summed E-state index contributed by atoms with van der Waals surface area (Å²) in [6, 6.07) is 20.0. The topological polar surface area (TPSA) is 36.1 Å². The van der Waals surface area contributed by atoms with Crippen molar-refractivity contribution in [1.82, 2.24) is 9.56 Å². The summed E-state index contributed by atoms with van der Waals surface area (Å²) in [7, 11) is 0. The summed E-state index contributed by atoms with van der Waals surface area (Å²) in [5, 5.41) is 2.23. The van der Waals surface area contributed by atoms with Crippen LogP contribution >= 0.6 is 0 Å². The molecule has 0 aliphatic carbocycles. The maximum Gasteiger partial charge on any atom is 0.277 e. The van der Waals surface area contributed by atoms with E-state index in [1.165, 1.54) is 5.52 Å². The molecule has 133 valence electrons. The minimum Gasteiger partial charge on any atom is -0.341 e. The van der Waals surface area contributed by atoms with E-state index < -0.39 is 0 Å². The van der Waals surface area contributed by atoms with Crippen molar-refractivity contribution < 1.29 is 4.79 Å². The molecule has 1 radical (unpaired) electrons. The van der Waals surface area contributed by atoms with Crippen molar-refractivity contribution >= 4 is 39.5 Å². The molecular weight excluding hydrogens is 332 g/mol. The second kappa shape index (κ2) is 6.84. The van der Waals surface area contributed by atoms with E-state index in [0.717, 1.165) is 45.2 Å². The predicted octanol–water partition coefficient (Wildman–Crippen LogP) is 5.41. The number of aryl methyl sites for hydroxylation is 2. The fourth-order valence-electron chi connectivity index (χ4n) is 3.79. The highest BCUT2D eigenvalue weighted by Crippen LogP contribution is 2.32. The van der Waals surface area contributed by atoms with Crippen molar-refractivity contribution in [3.8, 4) is 0 Å². The first-order valence-electron chi connectivity index (χ1n) is 9.29. The van der Waals surface area contributed by atoms with E-state index in [0.29, 0.717) is 0 Å². The normalized spacial score (nSPS) is 11.7. The molecule has 1 heterocycles. The zero-order valence-corrected chi connectivity index (χ0v) is 15.9. The Kier molecular flexibility index (Phi) is 4.36. The first-order chi connectivity index (χ1) is 13.1. The molecule has 0 fully saturated rings. The summed E-state index contributed by atoms with van der Waals surface area (Å²) < 4.78 is 2.28. The minimum atomic E-state index is 0.0649. The van der Waals surface area contributed by atoms with Crippen molar-refractivity contribution in [3.63, 3.8) is 0 Å². The van der Waals surface area contributed by atoms with Gasteiger partial charge in [0.25, 0.3) is 5.69 Å². The zero-order valence-electron chi connectivity index (χ0n) is 15.9. The lowest BCUT2D eigenvalue weighted by Crippen LogP contribution is -2.03. The molecule has 0 bridgehead atoms. The fourth-order valence-corrected chi connectivity index (χ4v) is 3.79. The summed E-state index contributed by atoms with van der Waals surface area (Å²) in [5.74, 6) is 0.0649. The van der Waals surface area contributed by atoms with Crippen molar-refractivity contribution in [3.05, 3.63) is 77.4 Å². The first-order valence-corrected chi connectivity index (χ1v) is 9.29. The SMILES string of the molecule is CC=[N+]c1ccc2c(c1)c1cc(C(=O)c3ccccc3C)ccc1n2CC. The van der Waals surface area contributed by atoms with Crippen molar-refractivity contribution in [1.29, 1.82) is 0 Å². The molecule has 4 rings (SSSR count). The van der Waals surface area contributed by atoms with Crippen LogP contribution in [0.1, 0.15) is 35.3 Å². The third-order valence-electron chi connectivity index (χ3n) is 5.09. The van der Waals surface area contributed by atoms with Crippen molar-refractivity contribution in [2.45, 2.75) is 27.3 Å². The number of carbonyl (C=O) groups is 1. The number of rotatable bonds is 4. The molecule has 0 unspecified atom stereocenters. The van der Waals surface area contributed by atoms with Crippen LogP contribution < -0.4 is 4.99 Å². The monoisotopic (exact) mass is 354 g/mol. The molecule has 0 N–H and O–H groups in total. The molecule has 0 atom stereocenters. The fraction of sp³-hybridized carbons (Fsp3) is 0.167. The van der Waals surface area contributed by atoms with Gasteiger partial charge in [-0.2, -0.15) is 0 Å². The van der Waals surface area contributed by atoms with Gasteiger partial charge < -0.3 is 4.57 Å². The van der Waals surface area contributed by atoms with E-state index in [9.17, 15) is 4.79 Å². The van der Waals surface area contributed by atoms with Gasteiger partial charge in [-0.1, -0.05) is 24.3 Å². The summed E-state index contributed by atoms with van der Waals surface area (Å²) in [5.41, 5.74) is 5.71. The van der Waals surface area contributed by atoms with Crippen molar-refractivity contribution in [2.75, 3.05) is 0 Å². The van der Waals surface area contributed by atoms with Gasteiger partial charge in [0.2, 0.25) is 6.21 Å². The molecule has 1 aromatic heterocycles. The summed E-state index contributed by atoms with van der Waals surface area (Å²) in [6.45, 7) is 6.91. The van der Waals surface area contributed by atoms with Crippen LogP contribution in [0.5, 0.6) is 0 Å². The average Bonchev–Trinajstić information content (AvgIpc) is 3.00. The van der Waals surface area contributed by atoms with E-state index in [1.807, 2.05) is 56.3 Å². The molecule has 0 saturated heterocycles. The van der Waals surface area contributed by atoms with Gasteiger partial charge in [0, 0.05) is 58.5 Å². The quantitative estimate of drug-likeness (QED) is 0.356. The van der Waals surface area contributed by atoms with Gasteiger partial charge in [-0.25, -0.2) is 0 Å². The Labute approximate surface area is 159 Å². The van der Waals surface area contributed by atoms with Gasteiger partial charge >= 0.3 is 0 Å². The Balaban J connectivity index is 1.95. The molecule has 3 heteroatoms. The minimum absolute atomic E-state index is 0.0649. The lowest BCUT2D eigenvalue weighted by atomic mass is 9.98. The molecule has 0 amide bonds. The Morgan fingerprint density at radius 1 is 1.00 bits per heavy atom. The lowest BCUT2D eigenvalue weighted by Gasteiger charge is -2.06. The highest BCUT2D eigenvalue weighted by atomic mass is 16.1. The van der Waals surface area contributed by atoms with Gasteiger partial charge in [-0.15, -0.1) is 0 Å². The number of hydrogen-bond donors (Lipinski definition) is 0. The summed E-state index contributed by atoms with van der Waals surface area (Å²) >= 11 is 0. The Bertz CT molecular complexity index is 1200. The highest BCUT2D eigenvalue weighted by Gasteiger charge is 2.16. The number of aliphatic imine (C=N–C) groups is 1. The van der Waals surface area contributed by atoms with Crippen LogP contribution in [-0.2, 0) is 6.54 Å². The second-order valence-electron chi connectivity index (χ2n) is 6.71. The Morgan fingerprint density at radius 2 is 1.70 bits per heavy atom. The predicted molar refractivity (Wildman–Crippen MR) is 113 cm³/mol. The largest absolute Gasteiger partial charge is 0.341 e. The van der Waals surface area contributed by atoms with E-state index in [2.05, 4.69) is 34.7 Å². The number of benzene rings is 3. The Hall–Kier alpha value is -3.20. The lowest BCUT2D eigenvalue weighted by molar-refractivity contribution is 0.103. The molecule has 0 aliphatic heterocycles. The number of carbonyl (C=O) groups excluding carboxylic acids is 1. The smallest absolute Gasteiger partial charge is 0.277 e. The molecular formula is C24H22N2O+. The van der Waals surface area contributed by atoms with Gasteiger partial charge in [0.1, 0.15) is 0 Å². The molecule has 0 saturated carbocycles. The molecule has 27 heavy (non-hydrogen) atoms. The van der Waals surface area contributed by atoms with Gasteiger partial charge in [0.05, 0.1) is 4.99 Å². The van der Waals surface area contributed by atoms with Crippen LogP contribution in [0.15, 0.2) is 60.7 Å². The standard InChI is InChI=1S/C24H22N2O/c1-4-25-18-11-13-23-21(15-18)20-14-17(10-12-22(20)26(23)5-2)24(27)19-9-7-6-8-16(19)3/h4,6-15H,5H2,1-3H3/q+1. The molecule has 3 nitrogen and oxygen atoms in total. The van der Waals surface area contributed by atoms with Crippen molar-refractivity contribution in [2.24, 2.45) is 0 Å². The maximum absolute atomic E-state index is 13.1. The second-order valence-corrected chi connectivity index (χ2v) is 6.71. The third kappa shape index (κ3) is 2.85. The van der Waals surface area contributed by atoms with Crippen LogP contribution in [0.3, 0.4) is 0 Å². The number of nitrogens with zero attached hydrogens (tertiary/aromatic N) is 2.